The first kappa shape index (κ1) is 20.8. The van der Waals surface area contributed by atoms with E-state index in [2.05, 4.69) is 20.6 Å². The third-order valence-electron chi connectivity index (χ3n) is 5.45. The number of aryl methyl sites for hydroxylation is 2. The van der Waals surface area contributed by atoms with Crippen molar-refractivity contribution in [3.8, 4) is 22.5 Å². The lowest BCUT2D eigenvalue weighted by molar-refractivity contribution is 0.102. The molecule has 0 atom stereocenters. The second-order valence-corrected chi connectivity index (χ2v) is 8.02. The number of amides is 1. The Balaban J connectivity index is 1.52. The molecule has 5 rings (SSSR count). The topological polar surface area (TPSA) is 77.1 Å². The molecule has 1 N–H and O–H groups in total. The molecule has 2 aromatic carbocycles. The lowest BCUT2D eigenvalue weighted by atomic mass is 9.98. The summed E-state index contributed by atoms with van der Waals surface area (Å²) in [6.45, 7) is 1.98. The number of nitrogens with one attached hydrogen (secondary N) is 1. The highest BCUT2D eigenvalue weighted by Crippen LogP contribution is 2.30. The van der Waals surface area contributed by atoms with Crippen molar-refractivity contribution < 1.29 is 9.18 Å². The van der Waals surface area contributed by atoms with E-state index in [1.54, 1.807) is 34.5 Å². The minimum absolute atomic E-state index is 0.230. The zero-order valence-electron chi connectivity index (χ0n) is 17.8. The van der Waals surface area contributed by atoms with Gasteiger partial charge in [-0.2, -0.15) is 5.10 Å². The van der Waals surface area contributed by atoms with Crippen LogP contribution < -0.4 is 5.32 Å². The largest absolute Gasteiger partial charge is 0.307 e. The Hall–Kier alpha value is -4.04. The van der Waals surface area contributed by atoms with E-state index in [-0.39, 0.29) is 5.91 Å². The summed E-state index contributed by atoms with van der Waals surface area (Å²) in [5.41, 5.74) is 4.33. The minimum Gasteiger partial charge on any atom is -0.307 e. The van der Waals surface area contributed by atoms with Gasteiger partial charge in [-0.1, -0.05) is 17.7 Å². The van der Waals surface area contributed by atoms with Crippen LogP contribution in [0.5, 0.6) is 0 Å². The van der Waals surface area contributed by atoms with Gasteiger partial charge in [-0.05, 0) is 66.1 Å². The molecule has 7 nitrogen and oxygen atoms in total. The molecule has 1 amide bonds. The number of nitrogens with zero attached hydrogens (tertiary/aromatic N) is 5. The fraction of sp³-hybridized carbons (Fsp3) is 0.0833. The van der Waals surface area contributed by atoms with Crippen LogP contribution in [0, 0.1) is 12.7 Å². The zero-order chi connectivity index (χ0) is 23.1. The molecular weight excluding hydrogens is 443 g/mol. The molecule has 0 spiro atoms. The lowest BCUT2D eigenvalue weighted by Gasteiger charge is -2.11. The Labute approximate surface area is 193 Å². The molecule has 0 aliphatic heterocycles. The highest BCUT2D eigenvalue weighted by atomic mass is 35.5. The van der Waals surface area contributed by atoms with Crippen molar-refractivity contribution in [2.75, 3.05) is 5.32 Å². The van der Waals surface area contributed by atoms with Gasteiger partial charge in [0, 0.05) is 30.4 Å². The van der Waals surface area contributed by atoms with E-state index >= 15 is 0 Å². The number of rotatable bonds is 4. The molecule has 9 heteroatoms. The van der Waals surface area contributed by atoms with Crippen LogP contribution in [0.3, 0.4) is 0 Å². The van der Waals surface area contributed by atoms with Gasteiger partial charge in [-0.25, -0.2) is 4.39 Å². The van der Waals surface area contributed by atoms with Crippen LogP contribution in [0.4, 0.5) is 10.2 Å². The summed E-state index contributed by atoms with van der Waals surface area (Å²) in [4.78, 5) is 12.8. The first-order valence-electron chi connectivity index (χ1n) is 10.1. The van der Waals surface area contributed by atoms with Crippen molar-refractivity contribution >= 4 is 29.0 Å². The molecule has 3 heterocycles. The van der Waals surface area contributed by atoms with E-state index < -0.39 is 5.82 Å². The number of carbonyl (C=O) groups is 1. The highest BCUT2D eigenvalue weighted by Gasteiger charge is 2.15. The number of halogens is 2. The standard InChI is InChI=1S/C24H18ClFN6O/c1-14-3-4-16(24(33)28-21-7-9-27-31(21)2)11-18(14)15-8-10-32-22(12-15)29-30-23(32)19-13-17(26)5-6-20(19)25/h3-13H,1-2H3,(H,28,33). The van der Waals surface area contributed by atoms with E-state index in [1.807, 2.05) is 37.4 Å². The van der Waals surface area contributed by atoms with Crippen molar-refractivity contribution in [3.05, 3.63) is 89.0 Å². The SMILES string of the molecule is Cc1ccc(C(=O)Nc2ccnn2C)cc1-c1ccn2c(-c3cc(F)ccc3Cl)nnc2c1. The number of carbonyl (C=O) groups excluding carboxylic acids is 1. The maximum absolute atomic E-state index is 13.8. The van der Waals surface area contributed by atoms with Gasteiger partial charge in [0.2, 0.25) is 0 Å². The summed E-state index contributed by atoms with van der Waals surface area (Å²) >= 11 is 6.25. The first-order chi connectivity index (χ1) is 15.9. The number of benzene rings is 2. The summed E-state index contributed by atoms with van der Waals surface area (Å²) in [7, 11) is 1.76. The Morgan fingerprint density at radius 2 is 1.88 bits per heavy atom. The summed E-state index contributed by atoms with van der Waals surface area (Å²) < 4.78 is 17.1. The van der Waals surface area contributed by atoms with Crippen LogP contribution >= 0.6 is 11.6 Å². The molecule has 164 valence electrons. The number of pyridine rings is 1. The third-order valence-corrected chi connectivity index (χ3v) is 5.78. The highest BCUT2D eigenvalue weighted by molar-refractivity contribution is 6.33. The zero-order valence-corrected chi connectivity index (χ0v) is 18.5. The fourth-order valence-corrected chi connectivity index (χ4v) is 3.87. The van der Waals surface area contributed by atoms with E-state index in [0.717, 1.165) is 16.7 Å². The molecule has 0 fully saturated rings. The molecule has 0 radical (unpaired) electrons. The van der Waals surface area contributed by atoms with Crippen LogP contribution in [0.25, 0.3) is 28.2 Å². The van der Waals surface area contributed by atoms with Crippen LogP contribution in [0.15, 0.2) is 67.0 Å². The van der Waals surface area contributed by atoms with E-state index in [4.69, 9.17) is 11.6 Å². The summed E-state index contributed by atoms with van der Waals surface area (Å²) in [5.74, 6) is 0.420. The Bertz CT molecular complexity index is 1520. The van der Waals surface area contributed by atoms with Gasteiger partial charge < -0.3 is 5.32 Å². The molecule has 5 aromatic rings. The van der Waals surface area contributed by atoms with Crippen molar-refractivity contribution in [2.24, 2.45) is 7.05 Å². The summed E-state index contributed by atoms with van der Waals surface area (Å²) in [6.07, 6.45) is 3.43. The molecule has 0 saturated carbocycles. The Morgan fingerprint density at radius 1 is 1.03 bits per heavy atom. The second kappa shape index (κ2) is 8.14. The van der Waals surface area contributed by atoms with E-state index in [9.17, 15) is 9.18 Å². The summed E-state index contributed by atoms with van der Waals surface area (Å²) in [6, 6.07) is 15.2. The Morgan fingerprint density at radius 3 is 2.67 bits per heavy atom. The van der Waals surface area contributed by atoms with E-state index in [0.29, 0.717) is 33.4 Å². The smallest absolute Gasteiger partial charge is 0.256 e. The quantitative estimate of drug-likeness (QED) is 0.402. The monoisotopic (exact) mass is 460 g/mol. The molecule has 0 bridgehead atoms. The maximum atomic E-state index is 13.8. The predicted octanol–water partition coefficient (Wildman–Crippen LogP) is 5.15. The van der Waals surface area contributed by atoms with E-state index in [1.165, 1.54) is 18.2 Å². The summed E-state index contributed by atoms with van der Waals surface area (Å²) in [5, 5.41) is 15.8. The van der Waals surface area contributed by atoms with Crippen molar-refractivity contribution in [1.82, 2.24) is 24.4 Å². The minimum atomic E-state index is -0.403. The molecule has 0 aliphatic rings. The van der Waals surface area contributed by atoms with Gasteiger partial charge >= 0.3 is 0 Å². The van der Waals surface area contributed by atoms with Gasteiger partial charge in [0.1, 0.15) is 11.6 Å². The molecule has 0 unspecified atom stereocenters. The van der Waals surface area contributed by atoms with Crippen LogP contribution in [0.2, 0.25) is 5.02 Å². The third kappa shape index (κ3) is 3.85. The van der Waals surface area contributed by atoms with Gasteiger partial charge in [0.05, 0.1) is 11.2 Å². The first-order valence-corrected chi connectivity index (χ1v) is 10.5. The number of hydrogen-bond acceptors (Lipinski definition) is 4. The number of hydrogen-bond donors (Lipinski definition) is 1. The molecule has 0 saturated heterocycles. The number of anilines is 1. The van der Waals surface area contributed by atoms with Crippen molar-refractivity contribution in [1.29, 1.82) is 0 Å². The van der Waals surface area contributed by atoms with Gasteiger partial charge in [0.25, 0.3) is 5.91 Å². The average molecular weight is 461 g/mol. The molecule has 0 aliphatic carbocycles. The van der Waals surface area contributed by atoms with Crippen molar-refractivity contribution in [2.45, 2.75) is 6.92 Å². The van der Waals surface area contributed by atoms with Gasteiger partial charge in [0.15, 0.2) is 11.5 Å². The fourth-order valence-electron chi connectivity index (χ4n) is 3.67. The average Bonchev–Trinajstić information content (AvgIpc) is 3.41. The van der Waals surface area contributed by atoms with Crippen molar-refractivity contribution in [3.63, 3.8) is 0 Å². The molecular formula is C24H18ClFN6O. The number of fused-ring (bicyclic) bond motifs is 1. The predicted molar refractivity (Wildman–Crippen MR) is 125 cm³/mol. The second-order valence-electron chi connectivity index (χ2n) is 7.62. The van der Waals surface area contributed by atoms with Crippen LogP contribution in [0.1, 0.15) is 15.9 Å². The van der Waals surface area contributed by atoms with Crippen LogP contribution in [-0.4, -0.2) is 30.3 Å². The molecule has 33 heavy (non-hydrogen) atoms. The normalized spacial score (nSPS) is 11.2. The lowest BCUT2D eigenvalue weighted by Crippen LogP contribution is -2.14. The Kier molecular flexibility index (Phi) is 5.14. The van der Waals surface area contributed by atoms with Gasteiger partial charge in [-0.15, -0.1) is 10.2 Å². The molecule has 3 aromatic heterocycles. The maximum Gasteiger partial charge on any atom is 0.256 e. The number of aromatic nitrogens is 5. The van der Waals surface area contributed by atoms with Gasteiger partial charge in [-0.3, -0.25) is 13.9 Å². The van der Waals surface area contributed by atoms with Crippen LogP contribution in [-0.2, 0) is 7.05 Å².